The van der Waals surface area contributed by atoms with E-state index < -0.39 is 27.8 Å². The summed E-state index contributed by atoms with van der Waals surface area (Å²) >= 11 is 13.2. The molecular weight excluding hydrogens is 411 g/mol. The summed E-state index contributed by atoms with van der Waals surface area (Å²) in [7, 11) is 0. The van der Waals surface area contributed by atoms with E-state index in [-0.39, 0.29) is 11.3 Å². The van der Waals surface area contributed by atoms with Gasteiger partial charge in [-0.25, -0.2) is 0 Å². The average Bonchev–Trinajstić information content (AvgIpc) is 3.08. The van der Waals surface area contributed by atoms with Crippen LogP contribution in [0.2, 0.25) is 0 Å². The highest BCUT2D eigenvalue weighted by molar-refractivity contribution is 6.30. The fraction of sp³-hybridized carbons (Fsp3) is 0.182. The molecule has 0 amide bonds. The predicted octanol–water partition coefficient (Wildman–Crippen LogP) is 6.06. The molecule has 0 spiro atoms. The number of alkyl halides is 2. The Bertz CT molecular complexity index is 1030. The fourth-order valence-electron chi connectivity index (χ4n) is 3.69. The van der Waals surface area contributed by atoms with Crippen molar-refractivity contribution in [1.29, 1.82) is 0 Å². The summed E-state index contributed by atoms with van der Waals surface area (Å²) in [6.07, 6.45) is -0.860. The third kappa shape index (κ3) is 3.69. The van der Waals surface area contributed by atoms with Crippen molar-refractivity contribution >= 4 is 34.6 Å². The first-order chi connectivity index (χ1) is 14.0. The number of halogens is 2. The highest BCUT2D eigenvalue weighted by atomic mass is 35.5. The van der Waals surface area contributed by atoms with Crippen LogP contribution in [-0.4, -0.2) is 10.0 Å². The molecule has 1 heterocycles. The number of nitro groups is 1. The van der Waals surface area contributed by atoms with Crippen molar-refractivity contribution < 1.29 is 10.0 Å². The Kier molecular flexibility index (Phi) is 5.46. The molecule has 3 aromatic rings. The van der Waals surface area contributed by atoms with Gasteiger partial charge in [-0.1, -0.05) is 60.7 Å². The zero-order valence-electron chi connectivity index (χ0n) is 15.2. The molecule has 0 fully saturated rings. The molecule has 5 nitrogen and oxygen atoms in total. The normalized spacial score (nSPS) is 19.8. The van der Waals surface area contributed by atoms with E-state index in [1.807, 2.05) is 60.7 Å². The number of hydrogen-bond donors (Lipinski definition) is 2. The summed E-state index contributed by atoms with van der Waals surface area (Å²) in [5.74, 6) is 0. The van der Waals surface area contributed by atoms with Crippen molar-refractivity contribution in [3.8, 4) is 0 Å². The molecule has 0 aliphatic carbocycles. The molecule has 7 heteroatoms. The Hall–Kier alpha value is -2.60. The number of anilines is 1. The van der Waals surface area contributed by atoms with Crippen LogP contribution in [0.15, 0.2) is 72.8 Å². The maximum absolute atomic E-state index is 11.7. The summed E-state index contributed by atoms with van der Waals surface area (Å²) in [6, 6.07) is 21.3. The molecule has 0 aromatic heterocycles. The summed E-state index contributed by atoms with van der Waals surface area (Å²) in [5, 5.41) is 24.3. The molecule has 0 bridgehead atoms. The molecule has 3 aromatic carbocycles. The highest BCUT2D eigenvalue weighted by Crippen LogP contribution is 2.49. The van der Waals surface area contributed by atoms with Crippen molar-refractivity contribution in [3.63, 3.8) is 0 Å². The highest BCUT2D eigenvalue weighted by Gasteiger charge is 2.36. The Labute approximate surface area is 178 Å². The van der Waals surface area contributed by atoms with Crippen LogP contribution in [0.5, 0.6) is 0 Å². The number of benzene rings is 3. The lowest BCUT2D eigenvalue weighted by Gasteiger charge is -2.18. The van der Waals surface area contributed by atoms with Gasteiger partial charge in [0.1, 0.15) is 6.10 Å². The van der Waals surface area contributed by atoms with Crippen LogP contribution >= 0.6 is 23.2 Å². The van der Waals surface area contributed by atoms with E-state index in [0.717, 1.165) is 11.1 Å². The average molecular weight is 429 g/mol. The van der Waals surface area contributed by atoms with Gasteiger partial charge in [0.25, 0.3) is 5.69 Å². The van der Waals surface area contributed by atoms with Gasteiger partial charge in [-0.15, -0.1) is 23.2 Å². The largest absolute Gasteiger partial charge is 0.386 e. The van der Waals surface area contributed by atoms with E-state index in [1.165, 1.54) is 6.07 Å². The lowest BCUT2D eigenvalue weighted by Crippen LogP contribution is -2.10. The summed E-state index contributed by atoms with van der Waals surface area (Å²) in [6.45, 7) is 0. The summed E-state index contributed by atoms with van der Waals surface area (Å²) in [5.41, 5.74) is 2.92. The monoisotopic (exact) mass is 428 g/mol. The maximum Gasteiger partial charge on any atom is 0.276 e. The van der Waals surface area contributed by atoms with Crippen LogP contribution in [0, 0.1) is 10.1 Å². The van der Waals surface area contributed by atoms with Gasteiger partial charge in [0.05, 0.1) is 27.3 Å². The van der Waals surface area contributed by atoms with Gasteiger partial charge in [-0.3, -0.25) is 10.1 Å². The Morgan fingerprint density at radius 2 is 1.59 bits per heavy atom. The van der Waals surface area contributed by atoms with E-state index in [9.17, 15) is 15.2 Å². The van der Waals surface area contributed by atoms with Crippen LogP contribution in [0.3, 0.4) is 0 Å². The SMILES string of the molecule is O=[N+]([O-])c1cc2c(cc1[C@H](Cl)[C@H](Cl)c1ccccc1)[C@@H](O)[C@@H](c1ccccc1)N2. The molecule has 0 saturated heterocycles. The minimum Gasteiger partial charge on any atom is -0.386 e. The van der Waals surface area contributed by atoms with Crippen LogP contribution < -0.4 is 5.32 Å². The molecule has 1 aliphatic heterocycles. The van der Waals surface area contributed by atoms with Crippen molar-refractivity contribution in [3.05, 3.63) is 105 Å². The van der Waals surface area contributed by atoms with E-state index in [2.05, 4.69) is 5.32 Å². The van der Waals surface area contributed by atoms with E-state index in [0.29, 0.717) is 11.3 Å². The van der Waals surface area contributed by atoms with E-state index in [1.54, 1.807) is 6.07 Å². The minimum atomic E-state index is -0.860. The van der Waals surface area contributed by atoms with Crippen LogP contribution in [-0.2, 0) is 0 Å². The van der Waals surface area contributed by atoms with Crippen LogP contribution in [0.25, 0.3) is 0 Å². The van der Waals surface area contributed by atoms with Gasteiger partial charge in [0.15, 0.2) is 0 Å². The van der Waals surface area contributed by atoms with Crippen molar-refractivity contribution in [2.24, 2.45) is 0 Å². The fourth-order valence-corrected chi connectivity index (χ4v) is 4.29. The van der Waals surface area contributed by atoms with E-state index in [4.69, 9.17) is 23.2 Å². The minimum absolute atomic E-state index is 0.126. The number of nitrogens with one attached hydrogen (secondary N) is 1. The number of nitro benzene ring substituents is 1. The van der Waals surface area contributed by atoms with Crippen LogP contribution in [0.1, 0.15) is 45.2 Å². The molecule has 0 radical (unpaired) electrons. The van der Waals surface area contributed by atoms with Gasteiger partial charge in [-0.05, 0) is 17.2 Å². The molecule has 4 rings (SSSR count). The predicted molar refractivity (Wildman–Crippen MR) is 114 cm³/mol. The summed E-state index contributed by atoms with van der Waals surface area (Å²) < 4.78 is 0. The molecule has 1 aliphatic rings. The molecule has 148 valence electrons. The topological polar surface area (TPSA) is 75.4 Å². The summed E-state index contributed by atoms with van der Waals surface area (Å²) in [4.78, 5) is 11.3. The van der Waals surface area contributed by atoms with Gasteiger partial charge in [-0.2, -0.15) is 0 Å². The zero-order valence-corrected chi connectivity index (χ0v) is 16.7. The number of fused-ring (bicyclic) bond motifs is 1. The molecule has 4 atom stereocenters. The van der Waals surface area contributed by atoms with Gasteiger partial charge < -0.3 is 10.4 Å². The lowest BCUT2D eigenvalue weighted by molar-refractivity contribution is -0.385. The van der Waals surface area contributed by atoms with Gasteiger partial charge in [0.2, 0.25) is 0 Å². The first-order valence-electron chi connectivity index (χ1n) is 9.12. The zero-order chi connectivity index (χ0) is 20.5. The number of hydrogen-bond acceptors (Lipinski definition) is 4. The quantitative estimate of drug-likeness (QED) is 0.294. The first kappa shape index (κ1) is 19.7. The Balaban J connectivity index is 1.74. The van der Waals surface area contributed by atoms with Gasteiger partial charge >= 0.3 is 0 Å². The third-order valence-electron chi connectivity index (χ3n) is 5.17. The number of nitrogens with zero attached hydrogens (tertiary/aromatic N) is 1. The standard InChI is InChI=1S/C22H18Cl2N2O3/c23-19(13-7-3-1-4-8-13)20(24)16-11-15-17(12-18(16)26(28)29)25-21(22(15)27)14-9-5-2-6-10-14/h1-12,19-22,25,27H/t19-,20+,21-,22-/m1/s1. The van der Waals surface area contributed by atoms with Crippen molar-refractivity contribution in [2.45, 2.75) is 22.9 Å². The Morgan fingerprint density at radius 1 is 0.966 bits per heavy atom. The van der Waals surface area contributed by atoms with Crippen molar-refractivity contribution in [2.75, 3.05) is 5.32 Å². The van der Waals surface area contributed by atoms with E-state index >= 15 is 0 Å². The second-order valence-corrected chi connectivity index (χ2v) is 7.89. The number of aliphatic hydroxyl groups is 1. The molecular formula is C22H18Cl2N2O3. The lowest BCUT2D eigenvalue weighted by atomic mass is 9.95. The number of rotatable bonds is 5. The smallest absolute Gasteiger partial charge is 0.276 e. The second kappa shape index (κ2) is 8.03. The molecule has 0 unspecified atom stereocenters. The first-order valence-corrected chi connectivity index (χ1v) is 9.99. The van der Waals surface area contributed by atoms with Gasteiger partial charge in [0, 0.05) is 17.3 Å². The third-order valence-corrected chi connectivity index (χ3v) is 6.29. The van der Waals surface area contributed by atoms with Crippen molar-refractivity contribution in [1.82, 2.24) is 0 Å². The molecule has 2 N–H and O–H groups in total. The maximum atomic E-state index is 11.7. The van der Waals surface area contributed by atoms with Crippen LogP contribution in [0.4, 0.5) is 11.4 Å². The second-order valence-electron chi connectivity index (χ2n) is 6.95. The molecule has 29 heavy (non-hydrogen) atoms. The number of aliphatic hydroxyl groups excluding tert-OH is 1. The Morgan fingerprint density at radius 3 is 2.21 bits per heavy atom. The molecule has 0 saturated carbocycles.